The number of morpholine rings is 1. The van der Waals surface area contributed by atoms with E-state index < -0.39 is 27.8 Å². The number of aryl methyl sites for hydroxylation is 1. The normalized spacial score (nSPS) is 15.0. The Hall–Kier alpha value is -4.99. The lowest BCUT2D eigenvalue weighted by atomic mass is 10.0. The fourth-order valence-corrected chi connectivity index (χ4v) is 7.01. The van der Waals surface area contributed by atoms with E-state index in [1.807, 2.05) is 97.1 Å². The van der Waals surface area contributed by atoms with Gasteiger partial charge < -0.3 is 20.3 Å². The Morgan fingerprint density at radius 2 is 1.35 bits per heavy atom. The summed E-state index contributed by atoms with van der Waals surface area (Å²) in [4.78, 5) is 29.2. The molecule has 0 bridgehead atoms. The van der Waals surface area contributed by atoms with Crippen LogP contribution in [-0.4, -0.2) is 63.6 Å². The van der Waals surface area contributed by atoms with Gasteiger partial charge in [-0.25, -0.2) is 13.2 Å². The van der Waals surface area contributed by atoms with E-state index in [-0.39, 0.29) is 17.3 Å². The molecule has 1 fully saturated rings. The summed E-state index contributed by atoms with van der Waals surface area (Å²) < 4.78 is 32.3. The molecule has 8 nitrogen and oxygen atoms in total. The van der Waals surface area contributed by atoms with Gasteiger partial charge >= 0.3 is 6.03 Å². The highest BCUT2D eigenvalue weighted by atomic mass is 32.2. The third kappa shape index (κ3) is 8.48. The summed E-state index contributed by atoms with van der Waals surface area (Å²) in [5.74, 6) is -0.393. The van der Waals surface area contributed by atoms with Gasteiger partial charge in [-0.15, -0.1) is 0 Å². The molecule has 0 saturated carbocycles. The first-order chi connectivity index (χ1) is 23.3. The van der Waals surface area contributed by atoms with Gasteiger partial charge in [0.15, 0.2) is 9.84 Å². The Kier molecular flexibility index (Phi) is 10.5. The second-order valence-corrected chi connectivity index (χ2v) is 13.8. The number of urea groups is 1. The summed E-state index contributed by atoms with van der Waals surface area (Å²) in [6.07, 6.45) is 2.88. The van der Waals surface area contributed by atoms with Crippen LogP contribution in [0.5, 0.6) is 0 Å². The fraction of sp³-hybridized carbons (Fsp3) is 0.231. The SMILES string of the molecule is O=C(N[C@H](/C=C/S(=O)(=O)c1ccc2ccccc2c1)CCc1ccccc1)[C@H](Cc1ccc2ccccc2c1)NC(=O)N1CCOCC1. The van der Waals surface area contributed by atoms with Crippen LogP contribution in [0, 0.1) is 0 Å². The largest absolute Gasteiger partial charge is 0.378 e. The molecular weight excluding hydrogens is 623 g/mol. The molecule has 1 saturated heterocycles. The summed E-state index contributed by atoms with van der Waals surface area (Å²) >= 11 is 0. The molecule has 9 heteroatoms. The summed E-state index contributed by atoms with van der Waals surface area (Å²) in [6.45, 7) is 1.75. The van der Waals surface area contributed by atoms with Gasteiger partial charge in [0.2, 0.25) is 5.91 Å². The van der Waals surface area contributed by atoms with E-state index >= 15 is 0 Å². The number of carbonyl (C=O) groups excluding carboxylic acids is 2. The van der Waals surface area contributed by atoms with E-state index in [9.17, 15) is 18.0 Å². The average Bonchev–Trinajstić information content (AvgIpc) is 3.13. The minimum atomic E-state index is -3.81. The maximum absolute atomic E-state index is 14.0. The Labute approximate surface area is 281 Å². The molecule has 0 aromatic heterocycles. The fourth-order valence-electron chi connectivity index (χ4n) is 5.91. The van der Waals surface area contributed by atoms with Gasteiger partial charge in [-0.3, -0.25) is 4.79 Å². The number of ether oxygens (including phenoxy) is 1. The Balaban J connectivity index is 1.25. The zero-order valence-electron chi connectivity index (χ0n) is 26.6. The van der Waals surface area contributed by atoms with Crippen molar-refractivity contribution in [1.82, 2.24) is 15.5 Å². The first kappa shape index (κ1) is 32.9. The molecule has 0 aliphatic carbocycles. The standard InChI is InChI=1S/C39H39N3O5S/c43-38(37(41-39(44)42-21-23-47-24-22-42)27-30-14-16-31-10-4-6-12-33(31)26-30)40-35(18-15-29-8-2-1-3-9-29)20-25-48(45,46)36-19-17-32-11-5-7-13-34(32)28-36/h1-14,16-17,19-20,25-26,28,35,37H,15,18,21-24,27H2,(H,40,43)(H,41,44)/b25-20+/t35-,37-/m0/s1. The first-order valence-corrected chi connectivity index (χ1v) is 17.8. The predicted molar refractivity (Wildman–Crippen MR) is 189 cm³/mol. The van der Waals surface area contributed by atoms with E-state index in [1.54, 1.807) is 29.2 Å². The van der Waals surface area contributed by atoms with Crippen LogP contribution >= 0.6 is 0 Å². The second-order valence-electron chi connectivity index (χ2n) is 12.0. The second kappa shape index (κ2) is 15.3. The van der Waals surface area contributed by atoms with E-state index in [1.165, 1.54) is 5.41 Å². The Morgan fingerprint density at radius 1 is 0.729 bits per heavy atom. The van der Waals surface area contributed by atoms with Crippen LogP contribution in [0.1, 0.15) is 17.5 Å². The van der Waals surface area contributed by atoms with E-state index in [2.05, 4.69) is 10.6 Å². The zero-order chi connectivity index (χ0) is 33.3. The number of nitrogens with zero attached hydrogens (tertiary/aromatic N) is 1. The highest BCUT2D eigenvalue weighted by Crippen LogP contribution is 2.21. The highest BCUT2D eigenvalue weighted by Gasteiger charge is 2.27. The van der Waals surface area contributed by atoms with E-state index in [0.29, 0.717) is 39.1 Å². The Morgan fingerprint density at radius 3 is 2.06 bits per heavy atom. The number of sulfone groups is 1. The van der Waals surface area contributed by atoms with Crippen LogP contribution < -0.4 is 10.6 Å². The Bertz CT molecular complexity index is 2020. The molecular formula is C39H39N3O5S. The van der Waals surface area contributed by atoms with Crippen LogP contribution in [0.4, 0.5) is 4.79 Å². The molecule has 246 valence electrons. The van der Waals surface area contributed by atoms with Gasteiger partial charge in [0, 0.05) is 31.0 Å². The number of amides is 3. The molecule has 6 rings (SSSR count). The van der Waals surface area contributed by atoms with Gasteiger partial charge in [-0.2, -0.15) is 0 Å². The van der Waals surface area contributed by atoms with Crippen LogP contribution in [0.25, 0.3) is 21.5 Å². The van der Waals surface area contributed by atoms with E-state index in [4.69, 9.17) is 4.74 Å². The van der Waals surface area contributed by atoms with Gasteiger partial charge in [0.05, 0.1) is 18.1 Å². The molecule has 3 amide bonds. The monoisotopic (exact) mass is 661 g/mol. The predicted octanol–water partition coefficient (Wildman–Crippen LogP) is 6.05. The number of benzene rings is 5. The summed E-state index contributed by atoms with van der Waals surface area (Å²) in [5, 5.41) is 11.1. The lowest BCUT2D eigenvalue weighted by Gasteiger charge is -2.29. The zero-order valence-corrected chi connectivity index (χ0v) is 27.4. The topological polar surface area (TPSA) is 105 Å². The van der Waals surface area contributed by atoms with Crippen molar-refractivity contribution in [3.63, 3.8) is 0 Å². The quantitative estimate of drug-likeness (QED) is 0.179. The van der Waals surface area contributed by atoms with Gasteiger partial charge in [-0.05, 0) is 57.6 Å². The maximum atomic E-state index is 14.0. The number of fused-ring (bicyclic) bond motifs is 2. The van der Waals surface area contributed by atoms with Gasteiger partial charge in [0.1, 0.15) is 6.04 Å². The maximum Gasteiger partial charge on any atom is 0.318 e. The van der Waals surface area contributed by atoms with Crippen LogP contribution in [0.2, 0.25) is 0 Å². The molecule has 5 aromatic carbocycles. The first-order valence-electron chi connectivity index (χ1n) is 16.2. The average molecular weight is 662 g/mol. The number of carbonyl (C=O) groups is 2. The molecule has 0 radical (unpaired) electrons. The third-order valence-corrected chi connectivity index (χ3v) is 10.0. The molecule has 48 heavy (non-hydrogen) atoms. The molecule has 2 atom stereocenters. The van der Waals surface area contributed by atoms with Crippen molar-refractivity contribution < 1.29 is 22.7 Å². The number of hydrogen-bond donors (Lipinski definition) is 2. The smallest absolute Gasteiger partial charge is 0.318 e. The lowest BCUT2D eigenvalue weighted by Crippen LogP contribution is -2.55. The van der Waals surface area contributed by atoms with Gasteiger partial charge in [0.25, 0.3) is 0 Å². The van der Waals surface area contributed by atoms with Crippen molar-refractivity contribution in [2.45, 2.75) is 36.2 Å². The molecule has 2 N–H and O–H groups in total. The summed E-state index contributed by atoms with van der Waals surface area (Å²) in [7, 11) is -3.81. The molecule has 0 spiro atoms. The highest BCUT2D eigenvalue weighted by molar-refractivity contribution is 7.94. The molecule has 0 unspecified atom stereocenters. The van der Waals surface area contributed by atoms with Crippen molar-refractivity contribution in [2.24, 2.45) is 0 Å². The lowest BCUT2D eigenvalue weighted by molar-refractivity contribution is -0.123. The van der Waals surface area contributed by atoms with Crippen LogP contribution in [-0.2, 0) is 32.2 Å². The van der Waals surface area contributed by atoms with Crippen molar-refractivity contribution in [2.75, 3.05) is 26.3 Å². The van der Waals surface area contributed by atoms with Crippen LogP contribution in [0.15, 0.2) is 132 Å². The third-order valence-electron chi connectivity index (χ3n) is 8.62. The molecule has 1 aliphatic rings. The van der Waals surface area contributed by atoms with Crippen molar-refractivity contribution in [3.8, 4) is 0 Å². The minimum absolute atomic E-state index is 0.178. The molecule has 5 aromatic rings. The summed E-state index contributed by atoms with van der Waals surface area (Å²) in [6, 6.07) is 34.6. The minimum Gasteiger partial charge on any atom is -0.378 e. The number of rotatable bonds is 11. The van der Waals surface area contributed by atoms with Crippen molar-refractivity contribution in [1.29, 1.82) is 0 Å². The number of nitrogens with one attached hydrogen (secondary N) is 2. The van der Waals surface area contributed by atoms with E-state index in [0.717, 1.165) is 32.7 Å². The number of hydrogen-bond acceptors (Lipinski definition) is 5. The van der Waals surface area contributed by atoms with Crippen molar-refractivity contribution in [3.05, 3.63) is 138 Å². The van der Waals surface area contributed by atoms with Crippen LogP contribution in [0.3, 0.4) is 0 Å². The molecule has 1 heterocycles. The summed E-state index contributed by atoms with van der Waals surface area (Å²) in [5.41, 5.74) is 1.96. The molecule has 1 aliphatic heterocycles. The van der Waals surface area contributed by atoms with Crippen molar-refractivity contribution >= 4 is 43.3 Å². The van der Waals surface area contributed by atoms with Gasteiger partial charge in [-0.1, -0.05) is 109 Å².